The maximum atomic E-state index is 13.0. The van der Waals surface area contributed by atoms with Crippen molar-refractivity contribution in [2.75, 3.05) is 32.4 Å². The van der Waals surface area contributed by atoms with Gasteiger partial charge in [0, 0.05) is 26.7 Å². The Hall–Kier alpha value is -0.940. The van der Waals surface area contributed by atoms with Crippen LogP contribution >= 0.6 is 24.0 Å². The van der Waals surface area contributed by atoms with Crippen molar-refractivity contribution < 1.29 is 17.9 Å². The van der Waals surface area contributed by atoms with E-state index in [4.69, 9.17) is 0 Å². The van der Waals surface area contributed by atoms with Gasteiger partial charge in [-0.15, -0.1) is 24.0 Å². The molecule has 1 aliphatic heterocycles. The molecule has 28 heavy (non-hydrogen) atoms. The Balaban J connectivity index is 0.00000280. The van der Waals surface area contributed by atoms with Crippen molar-refractivity contribution in [2.24, 2.45) is 4.99 Å². The molecule has 1 saturated heterocycles. The highest BCUT2D eigenvalue weighted by Crippen LogP contribution is 2.38. The number of nitrogens with one attached hydrogen (secondary N) is 1. The second-order valence-corrected chi connectivity index (χ2v) is 9.98. The first-order valence-corrected chi connectivity index (χ1v) is 11.1. The van der Waals surface area contributed by atoms with Gasteiger partial charge in [0.15, 0.2) is 15.8 Å². The molecule has 2 fully saturated rings. The van der Waals surface area contributed by atoms with E-state index >= 15 is 0 Å². The molecule has 1 unspecified atom stereocenters. The molecule has 1 aromatic rings. The Morgan fingerprint density at radius 3 is 2.54 bits per heavy atom. The van der Waals surface area contributed by atoms with E-state index < -0.39 is 20.7 Å². The monoisotopic (exact) mass is 525 g/mol. The van der Waals surface area contributed by atoms with E-state index in [2.05, 4.69) is 10.3 Å². The third kappa shape index (κ3) is 4.96. The molecule has 1 aromatic carbocycles. The summed E-state index contributed by atoms with van der Waals surface area (Å²) in [6.45, 7) is 1.06. The summed E-state index contributed by atoms with van der Waals surface area (Å²) >= 11 is 0. The van der Waals surface area contributed by atoms with Crippen molar-refractivity contribution in [1.82, 2.24) is 10.2 Å². The van der Waals surface area contributed by atoms with Crippen molar-refractivity contribution >= 4 is 39.8 Å². The Kier molecular flexibility index (Phi) is 8.09. The summed E-state index contributed by atoms with van der Waals surface area (Å²) in [6.07, 6.45) is 3.60. The van der Waals surface area contributed by atoms with E-state index in [1.54, 1.807) is 19.2 Å². The summed E-state index contributed by atoms with van der Waals surface area (Å²) < 4.78 is 37.8. The van der Waals surface area contributed by atoms with Gasteiger partial charge in [-0.25, -0.2) is 12.8 Å². The van der Waals surface area contributed by atoms with Crippen LogP contribution in [-0.4, -0.2) is 61.6 Å². The largest absolute Gasteiger partial charge is 0.387 e. The van der Waals surface area contributed by atoms with E-state index in [9.17, 15) is 17.9 Å². The average Bonchev–Trinajstić information content (AvgIpc) is 2.66. The smallest absolute Gasteiger partial charge is 0.193 e. The SMILES string of the molecule is CN=C(NCC(O)c1ccc(F)cc1)N1CCS(=O)(=O)C2(CCCCC2)C1.I. The molecule has 0 aromatic heterocycles. The lowest BCUT2D eigenvalue weighted by molar-refractivity contribution is 0.178. The summed E-state index contributed by atoms with van der Waals surface area (Å²) in [6, 6.07) is 5.73. The lowest BCUT2D eigenvalue weighted by Gasteiger charge is -2.45. The predicted octanol–water partition coefficient (Wildman–Crippen LogP) is 2.49. The van der Waals surface area contributed by atoms with Crippen LogP contribution < -0.4 is 5.32 Å². The van der Waals surface area contributed by atoms with Gasteiger partial charge in [-0.1, -0.05) is 31.4 Å². The first-order chi connectivity index (χ1) is 12.9. The minimum atomic E-state index is -3.11. The fourth-order valence-electron chi connectivity index (χ4n) is 4.14. The topological polar surface area (TPSA) is 82.0 Å². The third-order valence-electron chi connectivity index (χ3n) is 5.75. The van der Waals surface area contributed by atoms with Crippen LogP contribution in [0.2, 0.25) is 0 Å². The first-order valence-electron chi connectivity index (χ1n) is 9.48. The highest BCUT2D eigenvalue weighted by atomic mass is 127. The summed E-state index contributed by atoms with van der Waals surface area (Å²) in [4.78, 5) is 6.27. The fourth-order valence-corrected chi connectivity index (χ4v) is 6.30. The van der Waals surface area contributed by atoms with Crippen molar-refractivity contribution in [1.29, 1.82) is 0 Å². The third-order valence-corrected chi connectivity index (χ3v) is 8.33. The fraction of sp³-hybridized carbons (Fsp3) is 0.632. The number of halogens is 2. The summed E-state index contributed by atoms with van der Waals surface area (Å²) in [5.41, 5.74) is 0.615. The van der Waals surface area contributed by atoms with Gasteiger partial charge in [0.05, 0.1) is 16.6 Å². The maximum Gasteiger partial charge on any atom is 0.193 e. The zero-order chi connectivity index (χ0) is 19.5. The van der Waals surface area contributed by atoms with E-state index in [1.165, 1.54) is 12.1 Å². The van der Waals surface area contributed by atoms with Gasteiger partial charge in [0.1, 0.15) is 5.82 Å². The van der Waals surface area contributed by atoms with Crippen molar-refractivity contribution in [3.63, 3.8) is 0 Å². The number of nitrogens with zero attached hydrogens (tertiary/aromatic N) is 2. The summed E-state index contributed by atoms with van der Waals surface area (Å²) in [7, 11) is -1.45. The molecule has 1 heterocycles. The number of rotatable bonds is 3. The molecule has 0 radical (unpaired) electrons. The first kappa shape index (κ1) is 23.3. The molecule has 0 bridgehead atoms. The van der Waals surface area contributed by atoms with Gasteiger partial charge >= 0.3 is 0 Å². The second-order valence-electron chi connectivity index (χ2n) is 7.48. The van der Waals surface area contributed by atoms with E-state index in [-0.39, 0.29) is 42.1 Å². The number of hydrogen-bond acceptors (Lipinski definition) is 4. The Morgan fingerprint density at radius 2 is 1.93 bits per heavy atom. The molecule has 1 saturated carbocycles. The van der Waals surface area contributed by atoms with Gasteiger partial charge in [0.25, 0.3) is 0 Å². The van der Waals surface area contributed by atoms with E-state index in [0.717, 1.165) is 19.3 Å². The van der Waals surface area contributed by atoms with Crippen LogP contribution in [0.3, 0.4) is 0 Å². The minimum absolute atomic E-state index is 0. The second kappa shape index (κ2) is 9.71. The molecule has 2 N–H and O–H groups in total. The number of aliphatic hydroxyl groups is 1. The molecule has 0 amide bonds. The highest BCUT2D eigenvalue weighted by molar-refractivity contribution is 14.0. The van der Waals surface area contributed by atoms with Crippen molar-refractivity contribution in [3.8, 4) is 0 Å². The van der Waals surface area contributed by atoms with E-state index in [1.807, 2.05) is 4.90 Å². The molecule has 3 rings (SSSR count). The number of hydrogen-bond donors (Lipinski definition) is 2. The lowest BCUT2D eigenvalue weighted by Crippen LogP contribution is -2.60. The predicted molar refractivity (Wildman–Crippen MR) is 119 cm³/mol. The number of guanidine groups is 1. The Bertz CT molecular complexity index is 780. The molecule has 1 atom stereocenters. The van der Waals surface area contributed by atoms with Crippen molar-refractivity contribution in [2.45, 2.75) is 43.0 Å². The van der Waals surface area contributed by atoms with Crippen LogP contribution in [0.25, 0.3) is 0 Å². The van der Waals surface area contributed by atoms with Gasteiger partial charge in [0.2, 0.25) is 0 Å². The molecule has 2 aliphatic rings. The number of aliphatic imine (C=N–C) groups is 1. The summed E-state index contributed by atoms with van der Waals surface area (Å²) in [5.74, 6) is 0.381. The normalized spacial score (nSPS) is 22.4. The van der Waals surface area contributed by atoms with Crippen LogP contribution in [-0.2, 0) is 9.84 Å². The van der Waals surface area contributed by atoms with Crippen LogP contribution in [0.1, 0.15) is 43.8 Å². The van der Waals surface area contributed by atoms with Crippen LogP contribution in [0.5, 0.6) is 0 Å². The standard InChI is InChI=1S/C19H28FN3O3S.HI/c1-21-18(22-13-17(24)15-5-7-16(20)8-6-15)23-11-12-27(25,26)19(14-23)9-3-2-4-10-19;/h5-8,17,24H,2-4,9-14H2,1H3,(H,21,22);1H. The zero-order valence-corrected chi connectivity index (χ0v) is 19.3. The van der Waals surface area contributed by atoms with Gasteiger partial charge in [-0.05, 0) is 30.5 Å². The van der Waals surface area contributed by atoms with Crippen molar-refractivity contribution in [3.05, 3.63) is 35.6 Å². The average molecular weight is 525 g/mol. The zero-order valence-electron chi connectivity index (χ0n) is 16.1. The molecular formula is C19H29FIN3O3S. The van der Waals surface area contributed by atoms with Crippen LogP contribution in [0.4, 0.5) is 4.39 Å². The Morgan fingerprint density at radius 1 is 1.29 bits per heavy atom. The van der Waals surface area contributed by atoms with Gasteiger partial charge < -0.3 is 15.3 Å². The van der Waals surface area contributed by atoms with Crippen LogP contribution in [0.15, 0.2) is 29.3 Å². The molecule has 6 nitrogen and oxygen atoms in total. The number of aliphatic hydroxyl groups excluding tert-OH is 1. The Labute approximate surface area is 183 Å². The van der Waals surface area contributed by atoms with E-state index in [0.29, 0.717) is 37.5 Å². The van der Waals surface area contributed by atoms with Gasteiger partial charge in [-0.3, -0.25) is 4.99 Å². The lowest BCUT2D eigenvalue weighted by atomic mass is 9.87. The quantitative estimate of drug-likeness (QED) is 0.360. The maximum absolute atomic E-state index is 13.0. The minimum Gasteiger partial charge on any atom is -0.387 e. The molecular weight excluding hydrogens is 496 g/mol. The number of benzene rings is 1. The molecule has 1 aliphatic carbocycles. The molecule has 9 heteroatoms. The molecule has 158 valence electrons. The highest BCUT2D eigenvalue weighted by Gasteiger charge is 2.48. The number of sulfone groups is 1. The molecule has 1 spiro atoms. The van der Waals surface area contributed by atoms with Gasteiger partial charge in [-0.2, -0.15) is 0 Å². The summed E-state index contributed by atoms with van der Waals surface area (Å²) in [5, 5.41) is 13.5. The van der Waals surface area contributed by atoms with Crippen LogP contribution in [0, 0.1) is 5.82 Å².